The van der Waals surface area contributed by atoms with Gasteiger partial charge in [-0.05, 0) is 48.8 Å². The molecule has 0 bridgehead atoms. The summed E-state index contributed by atoms with van der Waals surface area (Å²) in [4.78, 5) is 12.2. The van der Waals surface area contributed by atoms with E-state index in [1.165, 1.54) is 17.7 Å². The van der Waals surface area contributed by atoms with Crippen molar-refractivity contribution in [2.24, 2.45) is 5.92 Å². The summed E-state index contributed by atoms with van der Waals surface area (Å²) in [7, 11) is 0. The quantitative estimate of drug-likeness (QED) is 0.880. The van der Waals surface area contributed by atoms with E-state index >= 15 is 0 Å². The maximum atomic E-state index is 12.2. The molecule has 3 aliphatic rings. The number of carbonyl (C=O) groups is 1. The van der Waals surface area contributed by atoms with Crippen LogP contribution in [0.15, 0.2) is 30.3 Å². The van der Waals surface area contributed by atoms with Crippen LogP contribution < -0.4 is 10.6 Å². The topological polar surface area (TPSA) is 50.4 Å². The van der Waals surface area contributed by atoms with E-state index in [-0.39, 0.29) is 17.7 Å². The molecule has 1 aliphatic carbocycles. The second kappa shape index (κ2) is 6.96. The molecule has 2 saturated heterocycles. The maximum Gasteiger partial charge on any atom is 0.315 e. The maximum absolute atomic E-state index is 12.2. The van der Waals surface area contributed by atoms with Crippen LogP contribution in [0.4, 0.5) is 4.79 Å². The molecule has 1 aromatic rings. The lowest BCUT2D eigenvalue weighted by atomic mass is 9.90. The van der Waals surface area contributed by atoms with Crippen molar-refractivity contribution in [1.82, 2.24) is 10.6 Å². The van der Waals surface area contributed by atoms with Gasteiger partial charge in [-0.2, -0.15) is 11.8 Å². The molecule has 0 aromatic heterocycles. The van der Waals surface area contributed by atoms with Crippen LogP contribution in [-0.4, -0.2) is 42.3 Å². The predicted octanol–water partition coefficient (Wildman–Crippen LogP) is 3.14. The van der Waals surface area contributed by atoms with Crippen LogP contribution in [0.2, 0.25) is 0 Å². The molecule has 1 spiro atoms. The molecule has 4 atom stereocenters. The Kier molecular flexibility index (Phi) is 4.72. The first-order chi connectivity index (χ1) is 11.7. The molecule has 1 saturated carbocycles. The Bertz CT molecular complexity index is 574. The van der Waals surface area contributed by atoms with Gasteiger partial charge in [-0.15, -0.1) is 0 Å². The van der Waals surface area contributed by atoms with E-state index in [9.17, 15) is 4.79 Å². The van der Waals surface area contributed by atoms with E-state index in [4.69, 9.17) is 4.74 Å². The van der Waals surface area contributed by atoms with Crippen molar-refractivity contribution in [3.63, 3.8) is 0 Å². The fourth-order valence-electron chi connectivity index (χ4n) is 4.06. The molecule has 2 heterocycles. The number of hydrogen-bond acceptors (Lipinski definition) is 3. The largest absolute Gasteiger partial charge is 0.374 e. The summed E-state index contributed by atoms with van der Waals surface area (Å²) in [6.07, 6.45) is 4.19. The van der Waals surface area contributed by atoms with Crippen molar-refractivity contribution in [3.8, 4) is 0 Å². The van der Waals surface area contributed by atoms with Crippen molar-refractivity contribution >= 4 is 17.8 Å². The van der Waals surface area contributed by atoms with Crippen molar-refractivity contribution in [2.75, 3.05) is 24.7 Å². The lowest BCUT2D eigenvalue weighted by molar-refractivity contribution is -0.0684. The third-order valence-corrected chi connectivity index (χ3v) is 6.79. The van der Waals surface area contributed by atoms with E-state index < -0.39 is 0 Å². The molecule has 4 nitrogen and oxygen atoms in total. The van der Waals surface area contributed by atoms with E-state index in [0.29, 0.717) is 11.8 Å². The second-order valence-corrected chi connectivity index (χ2v) is 8.50. The van der Waals surface area contributed by atoms with Crippen LogP contribution in [-0.2, 0) is 4.74 Å². The zero-order valence-corrected chi connectivity index (χ0v) is 14.8. The van der Waals surface area contributed by atoms with Gasteiger partial charge in [0.2, 0.25) is 0 Å². The molecule has 4 rings (SSSR count). The van der Waals surface area contributed by atoms with Gasteiger partial charge < -0.3 is 15.4 Å². The number of benzene rings is 1. The minimum atomic E-state index is -0.0126. The third-order valence-electron chi connectivity index (χ3n) is 5.57. The summed E-state index contributed by atoms with van der Waals surface area (Å²) >= 11 is 1.97. The molecule has 3 fully saturated rings. The number of thioether (sulfide) groups is 1. The normalized spacial score (nSPS) is 34.9. The van der Waals surface area contributed by atoms with Crippen LogP contribution in [0.1, 0.15) is 37.2 Å². The Morgan fingerprint density at radius 2 is 2.21 bits per heavy atom. The summed E-state index contributed by atoms with van der Waals surface area (Å²) < 4.78 is 6.02. The van der Waals surface area contributed by atoms with Crippen molar-refractivity contribution in [3.05, 3.63) is 35.9 Å². The third kappa shape index (κ3) is 3.72. The number of amides is 2. The van der Waals surface area contributed by atoms with Crippen LogP contribution in [0.5, 0.6) is 0 Å². The van der Waals surface area contributed by atoms with E-state index in [1.807, 2.05) is 11.8 Å². The average Bonchev–Trinajstić information content (AvgIpc) is 3.26. The Morgan fingerprint density at radius 1 is 1.33 bits per heavy atom. The van der Waals surface area contributed by atoms with E-state index in [2.05, 4.69) is 41.0 Å². The second-order valence-electron chi connectivity index (χ2n) is 7.39. The molecule has 5 heteroatoms. The Labute approximate surface area is 148 Å². The smallest absolute Gasteiger partial charge is 0.315 e. The fourth-order valence-corrected chi connectivity index (χ4v) is 5.43. The Morgan fingerprint density at radius 3 is 3.00 bits per heavy atom. The standard InChI is InChI=1S/C19H26N2O2S/c22-18(20-12-15-10-17(15)14-4-2-1-3-5-14)21-16-6-8-23-19(11-16)7-9-24-13-19/h1-5,15-17H,6-13H2,(H2,20,21,22). The molecule has 2 amide bonds. The van der Waals surface area contributed by atoms with Gasteiger partial charge in [0.1, 0.15) is 0 Å². The van der Waals surface area contributed by atoms with Crippen LogP contribution in [0.25, 0.3) is 0 Å². The zero-order chi connectivity index (χ0) is 16.4. The number of rotatable bonds is 4. The van der Waals surface area contributed by atoms with Crippen molar-refractivity contribution in [2.45, 2.75) is 43.2 Å². The highest BCUT2D eigenvalue weighted by atomic mass is 32.2. The summed E-state index contributed by atoms with van der Waals surface area (Å²) in [5.74, 6) is 3.47. The number of carbonyl (C=O) groups excluding carboxylic acids is 1. The van der Waals surface area contributed by atoms with Gasteiger partial charge in [-0.1, -0.05) is 30.3 Å². The van der Waals surface area contributed by atoms with E-state index in [1.54, 1.807) is 0 Å². The van der Waals surface area contributed by atoms with Gasteiger partial charge in [0, 0.05) is 24.9 Å². The van der Waals surface area contributed by atoms with Gasteiger partial charge >= 0.3 is 6.03 Å². The monoisotopic (exact) mass is 346 g/mol. The van der Waals surface area contributed by atoms with E-state index in [0.717, 1.165) is 38.2 Å². The number of hydrogen-bond donors (Lipinski definition) is 2. The molecule has 2 aliphatic heterocycles. The highest BCUT2D eigenvalue weighted by Crippen LogP contribution is 2.46. The SMILES string of the molecule is O=C(NCC1CC1c1ccccc1)NC1CCOC2(CCSC2)C1. The first kappa shape index (κ1) is 16.3. The van der Waals surface area contributed by atoms with Crippen LogP contribution in [0, 0.1) is 5.92 Å². The molecule has 1 aromatic carbocycles. The Balaban J connectivity index is 1.20. The highest BCUT2D eigenvalue weighted by Gasteiger charge is 2.41. The van der Waals surface area contributed by atoms with Gasteiger partial charge in [0.25, 0.3) is 0 Å². The predicted molar refractivity (Wildman–Crippen MR) is 97.5 cm³/mol. The summed E-state index contributed by atoms with van der Waals surface area (Å²) in [5, 5.41) is 6.24. The van der Waals surface area contributed by atoms with Gasteiger partial charge in [0.15, 0.2) is 0 Å². The molecule has 4 unspecified atom stereocenters. The summed E-state index contributed by atoms with van der Waals surface area (Å²) in [5.41, 5.74) is 1.42. The minimum Gasteiger partial charge on any atom is -0.374 e. The molecule has 0 radical (unpaired) electrons. The molecular weight excluding hydrogens is 320 g/mol. The van der Waals surface area contributed by atoms with Gasteiger partial charge in [-0.25, -0.2) is 4.79 Å². The van der Waals surface area contributed by atoms with Crippen LogP contribution >= 0.6 is 11.8 Å². The molecular formula is C19H26N2O2S. The number of ether oxygens (including phenoxy) is 1. The first-order valence-electron chi connectivity index (χ1n) is 9.05. The summed E-state index contributed by atoms with van der Waals surface area (Å²) in [6.45, 7) is 1.54. The zero-order valence-electron chi connectivity index (χ0n) is 14.0. The summed E-state index contributed by atoms with van der Waals surface area (Å²) in [6, 6.07) is 10.8. The highest BCUT2D eigenvalue weighted by molar-refractivity contribution is 7.99. The average molecular weight is 346 g/mol. The van der Waals surface area contributed by atoms with Crippen LogP contribution in [0.3, 0.4) is 0 Å². The molecule has 2 N–H and O–H groups in total. The lowest BCUT2D eigenvalue weighted by Crippen LogP contribution is -2.51. The number of nitrogens with one attached hydrogen (secondary N) is 2. The van der Waals surface area contributed by atoms with Gasteiger partial charge in [0.05, 0.1) is 5.60 Å². The Hall–Kier alpha value is -1.20. The lowest BCUT2D eigenvalue weighted by Gasteiger charge is -2.37. The molecule has 130 valence electrons. The number of urea groups is 1. The van der Waals surface area contributed by atoms with Crippen molar-refractivity contribution in [1.29, 1.82) is 0 Å². The fraction of sp³-hybridized carbons (Fsp3) is 0.632. The van der Waals surface area contributed by atoms with Crippen molar-refractivity contribution < 1.29 is 9.53 Å². The minimum absolute atomic E-state index is 0.0126. The molecule has 24 heavy (non-hydrogen) atoms. The first-order valence-corrected chi connectivity index (χ1v) is 10.2. The van der Waals surface area contributed by atoms with Gasteiger partial charge in [-0.3, -0.25) is 0 Å².